The maximum absolute atomic E-state index is 10.8. The van der Waals surface area contributed by atoms with E-state index in [2.05, 4.69) is 22.9 Å². The summed E-state index contributed by atoms with van der Waals surface area (Å²) in [6.45, 7) is 0. The number of carbonyl (C=O) groups is 2. The van der Waals surface area contributed by atoms with Gasteiger partial charge in [-0.05, 0) is 12.2 Å². The molecule has 0 bridgehead atoms. The molecule has 0 saturated carbocycles. The van der Waals surface area contributed by atoms with Gasteiger partial charge in [-0.25, -0.2) is 0 Å². The first-order valence-corrected chi connectivity index (χ1v) is 3.31. The molecule has 1 atom stereocenters. The van der Waals surface area contributed by atoms with Crippen molar-refractivity contribution in [3.05, 3.63) is 0 Å². The van der Waals surface area contributed by atoms with Crippen LogP contribution in [0.1, 0.15) is 6.42 Å². The normalized spacial score (nSPS) is 22.7. The highest BCUT2D eigenvalue weighted by atomic mass is 32.1. The van der Waals surface area contributed by atoms with Gasteiger partial charge in [0.1, 0.15) is 6.04 Å². The Morgan fingerprint density at radius 1 is 1.73 bits per heavy atom. The summed E-state index contributed by atoms with van der Waals surface area (Å²) in [5.41, 5.74) is 0. The molecule has 1 aliphatic heterocycles. The number of carboxylic acids is 1. The summed E-state index contributed by atoms with van der Waals surface area (Å²) in [5, 5.41) is 14.9. The quantitative estimate of drug-likeness (QED) is 0.451. The van der Waals surface area contributed by atoms with Crippen LogP contribution in [-0.2, 0) is 9.59 Å². The standard InChI is InChI=1S/C5H6N2O3S/c8-3(9)1-2-4(10)7-5(11)6-2/h2H,1H2,(H,8,9)(H2,6,7,10,11)/p-1/t2-/m0/s1. The van der Waals surface area contributed by atoms with Crippen molar-refractivity contribution in [1.82, 2.24) is 10.6 Å². The zero-order chi connectivity index (χ0) is 8.43. The van der Waals surface area contributed by atoms with Crippen molar-refractivity contribution in [2.75, 3.05) is 0 Å². The number of carboxylic acid groups (broad SMARTS) is 1. The van der Waals surface area contributed by atoms with Gasteiger partial charge in [0.05, 0.1) is 0 Å². The van der Waals surface area contributed by atoms with Gasteiger partial charge in [-0.1, -0.05) is 0 Å². The molecule has 1 rings (SSSR count). The molecule has 1 amide bonds. The SMILES string of the molecule is O=C([O-])C[C@@H]1NC(=S)NC1=O. The van der Waals surface area contributed by atoms with E-state index in [0.717, 1.165) is 0 Å². The van der Waals surface area contributed by atoms with Crippen LogP contribution in [0.5, 0.6) is 0 Å². The van der Waals surface area contributed by atoms with Crippen LogP contribution in [0, 0.1) is 0 Å². The van der Waals surface area contributed by atoms with Gasteiger partial charge < -0.3 is 20.5 Å². The number of aliphatic carboxylic acids is 1. The highest BCUT2D eigenvalue weighted by molar-refractivity contribution is 7.80. The lowest BCUT2D eigenvalue weighted by molar-refractivity contribution is -0.306. The van der Waals surface area contributed by atoms with Gasteiger partial charge in [0.15, 0.2) is 5.11 Å². The summed E-state index contributed by atoms with van der Waals surface area (Å²) in [7, 11) is 0. The summed E-state index contributed by atoms with van der Waals surface area (Å²) in [4.78, 5) is 20.8. The minimum atomic E-state index is -1.28. The van der Waals surface area contributed by atoms with Gasteiger partial charge in [-0.2, -0.15) is 0 Å². The molecule has 1 aliphatic rings. The maximum Gasteiger partial charge on any atom is 0.249 e. The van der Waals surface area contributed by atoms with E-state index in [1.165, 1.54) is 0 Å². The van der Waals surface area contributed by atoms with Gasteiger partial charge in [0.2, 0.25) is 5.91 Å². The zero-order valence-electron chi connectivity index (χ0n) is 5.42. The predicted octanol–water partition coefficient (Wildman–Crippen LogP) is -2.50. The van der Waals surface area contributed by atoms with Crippen LogP contribution in [0.2, 0.25) is 0 Å². The van der Waals surface area contributed by atoms with Crippen molar-refractivity contribution in [1.29, 1.82) is 0 Å². The number of nitrogens with one attached hydrogen (secondary N) is 2. The van der Waals surface area contributed by atoms with Gasteiger partial charge in [-0.3, -0.25) is 4.79 Å². The highest BCUT2D eigenvalue weighted by Gasteiger charge is 2.26. The van der Waals surface area contributed by atoms with E-state index in [4.69, 9.17) is 0 Å². The lowest BCUT2D eigenvalue weighted by atomic mass is 10.2. The van der Waals surface area contributed by atoms with Crippen LogP contribution < -0.4 is 15.7 Å². The smallest absolute Gasteiger partial charge is 0.249 e. The van der Waals surface area contributed by atoms with E-state index >= 15 is 0 Å². The minimum absolute atomic E-state index is 0.168. The molecular weight excluding hydrogens is 168 g/mol. The summed E-state index contributed by atoms with van der Waals surface area (Å²) in [6, 6.07) is -0.771. The van der Waals surface area contributed by atoms with Gasteiger partial charge >= 0.3 is 0 Å². The van der Waals surface area contributed by atoms with Gasteiger partial charge in [0.25, 0.3) is 0 Å². The predicted molar refractivity (Wildman–Crippen MR) is 37.3 cm³/mol. The fourth-order valence-corrected chi connectivity index (χ4v) is 1.01. The molecule has 0 aliphatic carbocycles. The highest BCUT2D eigenvalue weighted by Crippen LogP contribution is 1.96. The first-order chi connectivity index (χ1) is 5.09. The molecule has 5 nitrogen and oxygen atoms in total. The molecule has 1 heterocycles. The molecule has 2 N–H and O–H groups in total. The van der Waals surface area contributed by atoms with E-state index in [0.29, 0.717) is 0 Å². The Morgan fingerprint density at radius 2 is 2.36 bits per heavy atom. The molecule has 60 valence electrons. The average molecular weight is 173 g/mol. The van der Waals surface area contributed by atoms with Crippen LogP contribution >= 0.6 is 12.2 Å². The van der Waals surface area contributed by atoms with Crippen LogP contribution in [0.3, 0.4) is 0 Å². The van der Waals surface area contributed by atoms with Crippen molar-refractivity contribution in [3.8, 4) is 0 Å². The molecule has 0 aromatic rings. The van der Waals surface area contributed by atoms with Crippen LogP contribution in [0.25, 0.3) is 0 Å². The molecular formula is C5H5N2O3S-. The molecule has 6 heteroatoms. The lowest BCUT2D eigenvalue weighted by Gasteiger charge is -2.06. The second-order valence-corrected chi connectivity index (χ2v) is 2.50. The van der Waals surface area contributed by atoms with E-state index in [-0.39, 0.29) is 11.5 Å². The van der Waals surface area contributed by atoms with E-state index in [1.807, 2.05) is 0 Å². The Bertz CT molecular complexity index is 228. The van der Waals surface area contributed by atoms with Crippen LogP contribution in [-0.4, -0.2) is 23.0 Å². The Labute approximate surface area is 67.8 Å². The lowest BCUT2D eigenvalue weighted by Crippen LogP contribution is -2.36. The Balaban J connectivity index is 2.53. The molecule has 0 spiro atoms. The van der Waals surface area contributed by atoms with Crippen LogP contribution in [0.15, 0.2) is 0 Å². The Kier molecular flexibility index (Phi) is 2.04. The fourth-order valence-electron chi connectivity index (χ4n) is 0.769. The molecule has 1 fully saturated rings. The van der Waals surface area contributed by atoms with Crippen molar-refractivity contribution < 1.29 is 14.7 Å². The number of rotatable bonds is 2. The first kappa shape index (κ1) is 7.93. The molecule has 0 radical (unpaired) electrons. The molecule has 11 heavy (non-hydrogen) atoms. The summed E-state index contributed by atoms with van der Waals surface area (Å²) in [6.07, 6.45) is -0.355. The maximum atomic E-state index is 10.8. The molecule has 0 aromatic heterocycles. The second-order valence-electron chi connectivity index (χ2n) is 2.09. The third kappa shape index (κ3) is 1.87. The third-order valence-electron chi connectivity index (χ3n) is 1.23. The number of thiocarbonyl (C=S) groups is 1. The largest absolute Gasteiger partial charge is 0.550 e. The number of amides is 1. The minimum Gasteiger partial charge on any atom is -0.550 e. The number of carbonyl (C=O) groups excluding carboxylic acids is 2. The fraction of sp³-hybridized carbons (Fsp3) is 0.400. The molecule has 0 unspecified atom stereocenters. The van der Waals surface area contributed by atoms with Gasteiger partial charge in [-0.15, -0.1) is 0 Å². The third-order valence-corrected chi connectivity index (χ3v) is 1.45. The van der Waals surface area contributed by atoms with E-state index < -0.39 is 17.9 Å². The van der Waals surface area contributed by atoms with E-state index in [9.17, 15) is 14.7 Å². The second kappa shape index (κ2) is 2.83. The molecule has 1 saturated heterocycles. The summed E-state index contributed by atoms with van der Waals surface area (Å²) >= 11 is 4.57. The van der Waals surface area contributed by atoms with Crippen LogP contribution in [0.4, 0.5) is 0 Å². The first-order valence-electron chi connectivity index (χ1n) is 2.91. The topological polar surface area (TPSA) is 81.3 Å². The Hall–Kier alpha value is -1.17. The monoisotopic (exact) mass is 173 g/mol. The number of hydrogen-bond donors (Lipinski definition) is 2. The van der Waals surface area contributed by atoms with Crippen molar-refractivity contribution >= 4 is 29.2 Å². The van der Waals surface area contributed by atoms with Crippen molar-refractivity contribution in [2.45, 2.75) is 12.5 Å². The number of hydrogen-bond acceptors (Lipinski definition) is 4. The Morgan fingerprint density at radius 3 is 2.73 bits per heavy atom. The summed E-state index contributed by atoms with van der Waals surface area (Å²) < 4.78 is 0. The van der Waals surface area contributed by atoms with E-state index in [1.54, 1.807) is 0 Å². The summed E-state index contributed by atoms with van der Waals surface area (Å²) in [5.74, 6) is -1.69. The zero-order valence-corrected chi connectivity index (χ0v) is 6.23. The van der Waals surface area contributed by atoms with Gasteiger partial charge in [0, 0.05) is 12.4 Å². The van der Waals surface area contributed by atoms with Crippen molar-refractivity contribution in [3.63, 3.8) is 0 Å². The van der Waals surface area contributed by atoms with Crippen molar-refractivity contribution in [2.24, 2.45) is 0 Å². The average Bonchev–Trinajstić information content (AvgIpc) is 2.09. The molecule has 0 aromatic carbocycles.